The maximum Gasteiger partial charge on any atom is 0.261 e. The predicted octanol–water partition coefficient (Wildman–Crippen LogP) is 1.23. The van der Waals surface area contributed by atoms with Crippen molar-refractivity contribution in [3.05, 3.63) is 30.1 Å². The monoisotopic (exact) mass is 282 g/mol. The zero-order chi connectivity index (χ0) is 15.1. The Morgan fingerprint density at radius 1 is 1.20 bits per heavy atom. The molecule has 0 bridgehead atoms. The van der Waals surface area contributed by atoms with Crippen LogP contribution in [-0.2, 0) is 9.59 Å². The lowest BCUT2D eigenvalue weighted by Crippen LogP contribution is -2.48. The van der Waals surface area contributed by atoms with E-state index in [1.807, 2.05) is 0 Å². The molecule has 2 N–H and O–H groups in total. The van der Waals surface area contributed by atoms with Crippen LogP contribution in [0, 0.1) is 5.82 Å². The zero-order valence-corrected chi connectivity index (χ0v) is 11.8. The van der Waals surface area contributed by atoms with Gasteiger partial charge in [-0.25, -0.2) is 4.39 Å². The minimum Gasteiger partial charge on any atom is -0.481 e. The van der Waals surface area contributed by atoms with Crippen molar-refractivity contribution in [1.29, 1.82) is 0 Å². The molecular weight excluding hydrogens is 263 g/mol. The number of carbonyl (C=O) groups excluding carboxylic acids is 2. The first kappa shape index (κ1) is 15.9. The molecule has 0 saturated carbocycles. The molecule has 0 saturated heterocycles. The summed E-state index contributed by atoms with van der Waals surface area (Å²) in [5.41, 5.74) is 0. The number of amides is 2. The highest BCUT2D eigenvalue weighted by atomic mass is 19.1. The van der Waals surface area contributed by atoms with Crippen molar-refractivity contribution < 1.29 is 18.7 Å². The van der Waals surface area contributed by atoms with E-state index in [1.54, 1.807) is 20.8 Å². The van der Waals surface area contributed by atoms with E-state index >= 15 is 0 Å². The van der Waals surface area contributed by atoms with Gasteiger partial charge in [0.2, 0.25) is 5.91 Å². The molecule has 2 amide bonds. The van der Waals surface area contributed by atoms with Gasteiger partial charge in [0.1, 0.15) is 17.6 Å². The molecule has 2 unspecified atom stereocenters. The number of hydrogen-bond acceptors (Lipinski definition) is 3. The van der Waals surface area contributed by atoms with E-state index in [-0.39, 0.29) is 11.7 Å². The molecule has 1 aromatic rings. The highest BCUT2D eigenvalue weighted by Crippen LogP contribution is 2.13. The van der Waals surface area contributed by atoms with E-state index < -0.39 is 18.1 Å². The summed E-state index contributed by atoms with van der Waals surface area (Å²) in [6.07, 6.45) is -0.780. The summed E-state index contributed by atoms with van der Waals surface area (Å²) >= 11 is 0. The second-order valence-corrected chi connectivity index (χ2v) is 4.34. The van der Waals surface area contributed by atoms with Crippen molar-refractivity contribution in [3.63, 3.8) is 0 Å². The fraction of sp³-hybridized carbons (Fsp3) is 0.429. The van der Waals surface area contributed by atoms with E-state index in [2.05, 4.69) is 10.6 Å². The topological polar surface area (TPSA) is 67.4 Å². The first-order valence-corrected chi connectivity index (χ1v) is 6.44. The largest absolute Gasteiger partial charge is 0.481 e. The molecular formula is C14H19FN2O3. The van der Waals surface area contributed by atoms with Gasteiger partial charge in [-0.15, -0.1) is 0 Å². The molecule has 20 heavy (non-hydrogen) atoms. The molecule has 1 rings (SSSR count). The van der Waals surface area contributed by atoms with E-state index in [0.29, 0.717) is 12.3 Å². The Bertz CT molecular complexity index is 462. The second-order valence-electron chi connectivity index (χ2n) is 4.34. The predicted molar refractivity (Wildman–Crippen MR) is 72.8 cm³/mol. The third kappa shape index (κ3) is 4.87. The Balaban J connectivity index is 2.50. The van der Waals surface area contributed by atoms with Gasteiger partial charge in [0.05, 0.1) is 0 Å². The van der Waals surface area contributed by atoms with Crippen molar-refractivity contribution in [2.24, 2.45) is 0 Å². The molecule has 2 atom stereocenters. The average molecular weight is 282 g/mol. The first-order valence-electron chi connectivity index (χ1n) is 6.44. The fourth-order valence-electron chi connectivity index (χ4n) is 1.49. The second kappa shape index (κ2) is 7.47. The molecule has 1 aromatic carbocycles. The van der Waals surface area contributed by atoms with Crippen LogP contribution in [0.4, 0.5) is 4.39 Å². The minimum atomic E-state index is -0.780. The minimum absolute atomic E-state index is 0.255. The number of benzene rings is 1. The molecule has 0 aromatic heterocycles. The van der Waals surface area contributed by atoms with Gasteiger partial charge >= 0.3 is 0 Å². The number of halogens is 1. The van der Waals surface area contributed by atoms with Crippen LogP contribution in [0.5, 0.6) is 5.75 Å². The van der Waals surface area contributed by atoms with Crippen molar-refractivity contribution >= 4 is 11.8 Å². The number of hydrogen-bond donors (Lipinski definition) is 2. The molecule has 6 heteroatoms. The van der Waals surface area contributed by atoms with Crippen LogP contribution in [0.1, 0.15) is 20.8 Å². The number of rotatable bonds is 6. The average Bonchev–Trinajstić information content (AvgIpc) is 2.41. The lowest BCUT2D eigenvalue weighted by Gasteiger charge is -2.18. The SMILES string of the molecule is CCNC(=O)C(C)NC(=O)C(C)Oc1ccc(F)cc1. The Labute approximate surface area is 117 Å². The van der Waals surface area contributed by atoms with Crippen molar-refractivity contribution in [2.75, 3.05) is 6.54 Å². The molecule has 0 heterocycles. The normalized spacial score (nSPS) is 13.2. The number of ether oxygens (including phenoxy) is 1. The summed E-state index contributed by atoms with van der Waals surface area (Å²) in [4.78, 5) is 23.3. The van der Waals surface area contributed by atoms with Crippen molar-refractivity contribution in [1.82, 2.24) is 10.6 Å². The van der Waals surface area contributed by atoms with Crippen molar-refractivity contribution in [2.45, 2.75) is 32.9 Å². The molecule has 0 aliphatic heterocycles. The van der Waals surface area contributed by atoms with Crippen LogP contribution in [0.3, 0.4) is 0 Å². The lowest BCUT2D eigenvalue weighted by atomic mass is 10.2. The molecule has 0 radical (unpaired) electrons. The van der Waals surface area contributed by atoms with Crippen LogP contribution in [0.2, 0.25) is 0 Å². The number of carbonyl (C=O) groups is 2. The highest BCUT2D eigenvalue weighted by Gasteiger charge is 2.20. The van der Waals surface area contributed by atoms with Gasteiger partial charge in [-0.1, -0.05) is 0 Å². The molecule has 0 aliphatic carbocycles. The van der Waals surface area contributed by atoms with E-state index in [0.717, 1.165) is 0 Å². The maximum absolute atomic E-state index is 12.7. The molecule has 5 nitrogen and oxygen atoms in total. The molecule has 0 aliphatic rings. The summed E-state index contributed by atoms with van der Waals surface area (Å²) in [6, 6.07) is 4.73. The van der Waals surface area contributed by atoms with Crippen LogP contribution in [0.15, 0.2) is 24.3 Å². The summed E-state index contributed by atoms with van der Waals surface area (Å²) < 4.78 is 18.1. The first-order chi connectivity index (χ1) is 9.43. The van der Waals surface area contributed by atoms with Crippen LogP contribution in [0.25, 0.3) is 0 Å². The summed E-state index contributed by atoms with van der Waals surface area (Å²) in [5.74, 6) is -0.651. The van der Waals surface area contributed by atoms with Gasteiger partial charge in [0.15, 0.2) is 6.10 Å². The molecule has 110 valence electrons. The van der Waals surface area contributed by atoms with Gasteiger partial charge in [-0.05, 0) is 45.0 Å². The Kier molecular flexibility index (Phi) is 5.96. The standard InChI is InChI=1S/C14H19FN2O3/c1-4-16-13(18)9(2)17-14(19)10(3)20-12-7-5-11(15)6-8-12/h5-10H,4H2,1-3H3,(H,16,18)(H,17,19). The smallest absolute Gasteiger partial charge is 0.261 e. The van der Waals surface area contributed by atoms with Gasteiger partial charge < -0.3 is 15.4 Å². The summed E-state index contributed by atoms with van der Waals surface area (Å²) in [6.45, 7) is 5.45. The quantitative estimate of drug-likeness (QED) is 0.824. The number of likely N-dealkylation sites (N-methyl/N-ethyl adjacent to an activating group) is 1. The summed E-state index contributed by atoms with van der Waals surface area (Å²) in [5, 5.41) is 5.16. The van der Waals surface area contributed by atoms with Crippen molar-refractivity contribution in [3.8, 4) is 5.75 Å². The third-order valence-electron chi connectivity index (χ3n) is 2.60. The Morgan fingerprint density at radius 2 is 1.80 bits per heavy atom. The zero-order valence-electron chi connectivity index (χ0n) is 11.8. The van der Waals surface area contributed by atoms with Gasteiger partial charge in [-0.3, -0.25) is 9.59 Å². The van der Waals surface area contributed by atoms with Gasteiger partial charge in [0.25, 0.3) is 5.91 Å². The van der Waals surface area contributed by atoms with E-state index in [9.17, 15) is 14.0 Å². The van der Waals surface area contributed by atoms with Crippen LogP contribution < -0.4 is 15.4 Å². The molecule has 0 spiro atoms. The van der Waals surface area contributed by atoms with E-state index in [4.69, 9.17) is 4.74 Å². The maximum atomic E-state index is 12.7. The Morgan fingerprint density at radius 3 is 2.35 bits per heavy atom. The van der Waals surface area contributed by atoms with Gasteiger partial charge in [0, 0.05) is 6.54 Å². The van der Waals surface area contributed by atoms with Gasteiger partial charge in [-0.2, -0.15) is 0 Å². The van der Waals surface area contributed by atoms with E-state index in [1.165, 1.54) is 24.3 Å². The fourth-order valence-corrected chi connectivity index (χ4v) is 1.49. The third-order valence-corrected chi connectivity index (χ3v) is 2.60. The Hall–Kier alpha value is -2.11. The highest BCUT2D eigenvalue weighted by molar-refractivity contribution is 5.88. The number of nitrogens with one attached hydrogen (secondary N) is 2. The van der Waals surface area contributed by atoms with Crippen LogP contribution in [-0.4, -0.2) is 30.5 Å². The lowest BCUT2D eigenvalue weighted by molar-refractivity contribution is -0.132. The molecule has 0 fully saturated rings. The summed E-state index contributed by atoms with van der Waals surface area (Å²) in [7, 11) is 0. The van der Waals surface area contributed by atoms with Crippen LogP contribution >= 0.6 is 0 Å².